The summed E-state index contributed by atoms with van der Waals surface area (Å²) in [5, 5.41) is 3.98. The zero-order chi connectivity index (χ0) is 19.6. The van der Waals surface area contributed by atoms with E-state index in [1.54, 1.807) is 0 Å². The van der Waals surface area contributed by atoms with E-state index in [0.717, 1.165) is 0 Å². The summed E-state index contributed by atoms with van der Waals surface area (Å²) in [4.78, 5) is 23.5. The van der Waals surface area contributed by atoms with Crippen LogP contribution in [0.2, 0.25) is 0 Å². The number of amides is 3. The van der Waals surface area contributed by atoms with Gasteiger partial charge >= 0.3 is 6.03 Å². The summed E-state index contributed by atoms with van der Waals surface area (Å²) in [5.74, 6) is -0.937. The average molecular weight is 392 g/mol. The predicted molar refractivity (Wildman–Crippen MR) is 103 cm³/mol. The summed E-state index contributed by atoms with van der Waals surface area (Å²) in [6.45, 7) is 7.39. The van der Waals surface area contributed by atoms with Crippen molar-refractivity contribution in [2.45, 2.75) is 51.2 Å². The highest BCUT2D eigenvalue weighted by Crippen LogP contribution is 2.33. The van der Waals surface area contributed by atoms with Crippen molar-refractivity contribution in [3.63, 3.8) is 0 Å². The number of carbonyl (C=O) groups is 2. The lowest BCUT2D eigenvalue weighted by molar-refractivity contribution is -0.119. The van der Waals surface area contributed by atoms with E-state index in [2.05, 4.69) is 10.6 Å². The summed E-state index contributed by atoms with van der Waals surface area (Å²) in [6.07, 6.45) is -0.187. The van der Waals surface area contributed by atoms with E-state index in [9.17, 15) is 22.4 Å². The van der Waals surface area contributed by atoms with Crippen molar-refractivity contribution in [3.8, 4) is 0 Å². The second kappa shape index (κ2) is 7.61. The fourth-order valence-electron chi connectivity index (χ4n) is 2.85. The van der Waals surface area contributed by atoms with Gasteiger partial charge in [-0.1, -0.05) is 27.7 Å². The Morgan fingerprint density at radius 2 is 1.77 bits per heavy atom. The largest absolute Gasteiger partial charge is 0.355 e. The molecule has 2 rings (SSSR count). The standard InChI is InChI=1S/C17H24FN3O4S.3H2/c1-9(2)13-5-11(18)6-14(10(3)4)16(13)20-17(23)21-26(24,25)12-7-15(22)19-8-12;;;/h5-6,9-10,12H,7-8H2,1-4H3,(H,19,22)(H2,20,21,23);3*1H. The lowest BCUT2D eigenvalue weighted by Crippen LogP contribution is -2.41. The maximum atomic E-state index is 13.9. The lowest BCUT2D eigenvalue weighted by atomic mass is 9.92. The van der Waals surface area contributed by atoms with E-state index in [-0.39, 0.29) is 35.0 Å². The van der Waals surface area contributed by atoms with Gasteiger partial charge in [-0.3, -0.25) is 4.79 Å². The third kappa shape index (κ3) is 4.51. The maximum absolute atomic E-state index is 13.9. The number of benzene rings is 1. The minimum absolute atomic E-state index is 0. The molecule has 0 aromatic heterocycles. The van der Waals surface area contributed by atoms with Crippen molar-refractivity contribution in [3.05, 3.63) is 29.1 Å². The zero-order valence-corrected chi connectivity index (χ0v) is 16.0. The Hall–Kier alpha value is -2.16. The molecule has 1 aromatic rings. The molecule has 1 heterocycles. The molecule has 1 aliphatic heterocycles. The van der Waals surface area contributed by atoms with Gasteiger partial charge in [0.25, 0.3) is 0 Å². The van der Waals surface area contributed by atoms with Crippen LogP contribution >= 0.6 is 0 Å². The monoisotopic (exact) mass is 391 g/mol. The Morgan fingerprint density at radius 3 is 2.19 bits per heavy atom. The third-order valence-electron chi connectivity index (χ3n) is 4.26. The number of hydrogen-bond acceptors (Lipinski definition) is 4. The Labute approximate surface area is 157 Å². The van der Waals surface area contributed by atoms with E-state index < -0.39 is 27.1 Å². The number of halogens is 1. The molecule has 3 amide bonds. The molecular weight excluding hydrogens is 361 g/mol. The number of anilines is 1. The van der Waals surface area contributed by atoms with Crippen LogP contribution in [0.15, 0.2) is 12.1 Å². The van der Waals surface area contributed by atoms with E-state index in [1.165, 1.54) is 12.1 Å². The molecule has 0 radical (unpaired) electrons. The van der Waals surface area contributed by atoms with Crippen LogP contribution in [-0.4, -0.2) is 32.2 Å². The first-order valence-electron chi connectivity index (χ1n) is 8.44. The molecule has 0 spiro atoms. The SMILES string of the molecule is CC(C)c1cc(F)cc(C(C)C)c1NC(=O)NS(=O)(=O)C1CNC(=O)C1.[HH].[HH].[HH]. The van der Waals surface area contributed by atoms with Gasteiger partial charge < -0.3 is 10.6 Å². The highest BCUT2D eigenvalue weighted by Gasteiger charge is 2.34. The van der Waals surface area contributed by atoms with Crippen molar-refractivity contribution in [1.82, 2.24) is 10.0 Å². The van der Waals surface area contributed by atoms with Gasteiger partial charge in [0.05, 0.1) is 0 Å². The van der Waals surface area contributed by atoms with Gasteiger partial charge in [0.2, 0.25) is 15.9 Å². The quantitative estimate of drug-likeness (QED) is 0.717. The molecule has 9 heteroatoms. The van der Waals surface area contributed by atoms with Gasteiger partial charge in [-0.05, 0) is 35.1 Å². The van der Waals surface area contributed by atoms with Gasteiger partial charge in [-0.25, -0.2) is 22.3 Å². The number of carbonyl (C=O) groups excluding carboxylic acids is 2. The number of rotatable bonds is 5. The van der Waals surface area contributed by atoms with Gasteiger partial charge in [-0.2, -0.15) is 0 Å². The topological polar surface area (TPSA) is 104 Å². The van der Waals surface area contributed by atoms with Gasteiger partial charge in [0.15, 0.2) is 0 Å². The van der Waals surface area contributed by atoms with Crippen molar-refractivity contribution in [2.24, 2.45) is 0 Å². The van der Waals surface area contributed by atoms with Gasteiger partial charge in [-0.15, -0.1) is 0 Å². The van der Waals surface area contributed by atoms with Gasteiger partial charge in [0, 0.05) is 22.9 Å². The molecule has 7 nitrogen and oxygen atoms in total. The first-order valence-corrected chi connectivity index (χ1v) is 9.98. The highest BCUT2D eigenvalue weighted by molar-refractivity contribution is 7.90. The van der Waals surface area contributed by atoms with E-state index >= 15 is 0 Å². The van der Waals surface area contributed by atoms with E-state index in [4.69, 9.17) is 0 Å². The van der Waals surface area contributed by atoms with Crippen LogP contribution in [0.3, 0.4) is 0 Å². The Bertz CT molecular complexity index is 806. The maximum Gasteiger partial charge on any atom is 0.332 e. The summed E-state index contributed by atoms with van der Waals surface area (Å²) in [5.41, 5.74) is 1.57. The van der Waals surface area contributed by atoms with Crippen LogP contribution in [0.1, 0.15) is 61.4 Å². The Kier molecular flexibility index (Phi) is 5.90. The highest BCUT2D eigenvalue weighted by atomic mass is 32.2. The third-order valence-corrected chi connectivity index (χ3v) is 5.94. The molecule has 150 valence electrons. The number of nitrogens with one attached hydrogen (secondary N) is 3. The molecule has 1 atom stereocenters. The average Bonchev–Trinajstić information content (AvgIpc) is 2.95. The zero-order valence-electron chi connectivity index (χ0n) is 15.2. The normalized spacial score (nSPS) is 17.5. The first-order chi connectivity index (χ1) is 12.0. The fraction of sp³-hybridized carbons (Fsp3) is 0.529. The molecule has 0 saturated carbocycles. The van der Waals surface area contributed by atoms with Crippen LogP contribution in [0.25, 0.3) is 0 Å². The van der Waals surface area contributed by atoms with Crippen molar-refractivity contribution in [2.75, 3.05) is 11.9 Å². The predicted octanol–water partition coefficient (Wildman–Crippen LogP) is 3.15. The van der Waals surface area contributed by atoms with Crippen LogP contribution in [0.4, 0.5) is 14.9 Å². The smallest absolute Gasteiger partial charge is 0.332 e. The minimum Gasteiger partial charge on any atom is -0.355 e. The number of urea groups is 1. The molecule has 26 heavy (non-hydrogen) atoms. The summed E-state index contributed by atoms with van der Waals surface area (Å²) < 4.78 is 40.4. The van der Waals surface area contributed by atoms with E-state index in [0.29, 0.717) is 16.8 Å². The summed E-state index contributed by atoms with van der Waals surface area (Å²) >= 11 is 0. The van der Waals surface area contributed by atoms with Crippen LogP contribution < -0.4 is 15.4 Å². The van der Waals surface area contributed by atoms with Gasteiger partial charge in [0.1, 0.15) is 11.1 Å². The molecule has 1 unspecified atom stereocenters. The molecule has 0 aliphatic carbocycles. The molecule has 1 saturated heterocycles. The van der Waals surface area contributed by atoms with E-state index in [1.807, 2.05) is 32.4 Å². The summed E-state index contributed by atoms with van der Waals surface area (Å²) in [7, 11) is -4.01. The summed E-state index contributed by atoms with van der Waals surface area (Å²) in [6, 6.07) is 1.74. The van der Waals surface area contributed by atoms with Crippen LogP contribution in [-0.2, 0) is 14.8 Å². The Balaban J connectivity index is 0. The molecule has 1 aliphatic rings. The first kappa shape index (κ1) is 20.2. The van der Waals surface area contributed by atoms with Crippen LogP contribution in [0, 0.1) is 5.82 Å². The fourth-order valence-corrected chi connectivity index (χ4v) is 4.00. The molecule has 0 bridgehead atoms. The number of sulfonamides is 1. The second-order valence-electron chi connectivity index (χ2n) is 7.00. The molecule has 3 N–H and O–H groups in total. The molecule has 1 fully saturated rings. The number of hydrogen-bond donors (Lipinski definition) is 3. The lowest BCUT2D eigenvalue weighted by Gasteiger charge is -2.21. The minimum atomic E-state index is -4.01. The molecular formula is C17H30FN3O4S. The van der Waals surface area contributed by atoms with Crippen molar-refractivity contribution in [1.29, 1.82) is 0 Å². The Morgan fingerprint density at radius 1 is 1.23 bits per heavy atom. The van der Waals surface area contributed by atoms with Crippen molar-refractivity contribution >= 4 is 27.6 Å². The van der Waals surface area contributed by atoms with Crippen molar-refractivity contribution < 1.29 is 26.7 Å². The molecule has 1 aromatic carbocycles. The van der Waals surface area contributed by atoms with Crippen LogP contribution in [0.5, 0.6) is 0 Å². The second-order valence-corrected chi connectivity index (χ2v) is 8.96.